The molecule has 1 rings (SSSR count). The minimum Gasteiger partial charge on any atom is -0.444 e. The van der Waals surface area contributed by atoms with Crippen LogP contribution >= 0.6 is 0 Å². The van der Waals surface area contributed by atoms with Gasteiger partial charge < -0.3 is 14.7 Å². The van der Waals surface area contributed by atoms with Gasteiger partial charge in [-0.2, -0.15) is 5.26 Å². The summed E-state index contributed by atoms with van der Waals surface area (Å²) in [6.07, 6.45) is 0.873. The largest absolute Gasteiger partial charge is 0.444 e. The number of hydrogen-bond acceptors (Lipinski definition) is 4. The summed E-state index contributed by atoms with van der Waals surface area (Å²) in [6.45, 7) is 6.15. The molecule has 0 saturated carbocycles. The van der Waals surface area contributed by atoms with Crippen molar-refractivity contribution in [3.8, 4) is 6.07 Å². The van der Waals surface area contributed by atoms with Crippen molar-refractivity contribution in [1.29, 1.82) is 5.26 Å². The van der Waals surface area contributed by atoms with Gasteiger partial charge in [-0.15, -0.1) is 0 Å². The predicted octanol–water partition coefficient (Wildman–Crippen LogP) is 1.66. The van der Waals surface area contributed by atoms with Crippen molar-refractivity contribution in [2.45, 2.75) is 51.2 Å². The molecule has 1 saturated heterocycles. The number of likely N-dealkylation sites (tertiary alicyclic amines) is 1. The molecule has 0 radical (unpaired) electrons. The number of hydrogen-bond donors (Lipinski definition) is 1. The fourth-order valence-electron chi connectivity index (χ4n) is 1.89. The second-order valence-corrected chi connectivity index (χ2v) is 5.56. The van der Waals surface area contributed by atoms with Gasteiger partial charge in [-0.3, -0.25) is 0 Å². The van der Waals surface area contributed by atoms with Crippen molar-refractivity contribution in [2.75, 3.05) is 13.1 Å². The van der Waals surface area contributed by atoms with Crippen molar-refractivity contribution in [3.63, 3.8) is 0 Å². The molecule has 1 atom stereocenters. The van der Waals surface area contributed by atoms with Crippen LogP contribution in [0.1, 0.15) is 40.0 Å². The topological polar surface area (TPSA) is 73.6 Å². The monoisotopic (exact) mass is 240 g/mol. The normalized spacial score (nSPS) is 25.2. The molecule has 0 aliphatic carbocycles. The van der Waals surface area contributed by atoms with Gasteiger partial charge in [0.15, 0.2) is 0 Å². The molecule has 1 N–H and O–H groups in total. The summed E-state index contributed by atoms with van der Waals surface area (Å²) < 4.78 is 5.24. The average molecular weight is 240 g/mol. The number of nitrogens with zero attached hydrogens (tertiary/aromatic N) is 2. The maximum atomic E-state index is 11.8. The van der Waals surface area contributed by atoms with Gasteiger partial charge in [-0.1, -0.05) is 0 Å². The summed E-state index contributed by atoms with van der Waals surface area (Å²) in [6, 6.07) is 1.96. The molecule has 1 fully saturated rings. The van der Waals surface area contributed by atoms with E-state index in [1.807, 2.05) is 6.07 Å². The summed E-state index contributed by atoms with van der Waals surface area (Å²) in [4.78, 5) is 13.3. The van der Waals surface area contributed by atoms with E-state index in [1.165, 1.54) is 4.90 Å². The molecule has 1 amide bonds. The zero-order chi connectivity index (χ0) is 13.1. The molecular formula is C12H20N2O3. The molecule has 0 unspecified atom stereocenters. The quantitative estimate of drug-likeness (QED) is 0.756. The Morgan fingerprint density at radius 1 is 1.59 bits per heavy atom. The number of amides is 1. The number of carbonyl (C=O) groups is 1. The Balaban J connectivity index is 2.61. The standard InChI is InChI=1S/C12H20N2O3/c1-11(2,3)17-10(15)14-8-4-5-12(16,9-14)6-7-13/h16H,4-6,8-9H2,1-3H3/t12-/m0/s1. The van der Waals surface area contributed by atoms with E-state index >= 15 is 0 Å². The van der Waals surface area contributed by atoms with Crippen LogP contribution in [0.4, 0.5) is 4.79 Å². The van der Waals surface area contributed by atoms with E-state index in [2.05, 4.69) is 0 Å². The molecule has 17 heavy (non-hydrogen) atoms. The minimum atomic E-state index is -1.08. The van der Waals surface area contributed by atoms with Crippen LogP contribution in [-0.2, 0) is 4.74 Å². The third-order valence-electron chi connectivity index (χ3n) is 2.62. The molecule has 5 nitrogen and oxygen atoms in total. The molecular weight excluding hydrogens is 220 g/mol. The number of β-amino-alcohol motifs (C(OH)–C–C–N with tert-alkyl or cyclic N) is 1. The van der Waals surface area contributed by atoms with Gasteiger partial charge in [0, 0.05) is 6.54 Å². The predicted molar refractivity (Wildman–Crippen MR) is 62.2 cm³/mol. The highest BCUT2D eigenvalue weighted by Gasteiger charge is 2.36. The van der Waals surface area contributed by atoms with Gasteiger partial charge in [0.05, 0.1) is 24.6 Å². The third kappa shape index (κ3) is 4.23. The van der Waals surface area contributed by atoms with E-state index in [0.29, 0.717) is 19.4 Å². The summed E-state index contributed by atoms with van der Waals surface area (Å²) in [5, 5.41) is 18.8. The molecule has 1 aliphatic heterocycles. The molecule has 5 heteroatoms. The molecule has 0 aromatic rings. The van der Waals surface area contributed by atoms with Gasteiger partial charge in [-0.05, 0) is 33.6 Å². The Morgan fingerprint density at radius 2 is 2.24 bits per heavy atom. The Labute approximate surface area is 102 Å². The zero-order valence-corrected chi connectivity index (χ0v) is 10.7. The van der Waals surface area contributed by atoms with E-state index in [0.717, 1.165) is 0 Å². The fourth-order valence-corrected chi connectivity index (χ4v) is 1.89. The summed E-state index contributed by atoms with van der Waals surface area (Å²) in [5.74, 6) is 0. The van der Waals surface area contributed by atoms with E-state index in [-0.39, 0.29) is 13.0 Å². The van der Waals surface area contributed by atoms with E-state index < -0.39 is 17.3 Å². The highest BCUT2D eigenvalue weighted by Crippen LogP contribution is 2.25. The fraction of sp³-hybridized carbons (Fsp3) is 0.833. The lowest BCUT2D eigenvalue weighted by molar-refractivity contribution is -0.0402. The number of piperidine rings is 1. The number of ether oxygens (including phenoxy) is 1. The smallest absolute Gasteiger partial charge is 0.410 e. The van der Waals surface area contributed by atoms with Crippen LogP contribution < -0.4 is 0 Å². The van der Waals surface area contributed by atoms with Crippen molar-refractivity contribution >= 4 is 6.09 Å². The van der Waals surface area contributed by atoms with Gasteiger partial charge in [0.2, 0.25) is 0 Å². The van der Waals surface area contributed by atoms with Gasteiger partial charge >= 0.3 is 6.09 Å². The van der Waals surface area contributed by atoms with Crippen LogP contribution in [-0.4, -0.2) is 40.4 Å². The van der Waals surface area contributed by atoms with Gasteiger partial charge in [0.1, 0.15) is 5.60 Å². The van der Waals surface area contributed by atoms with Crippen LogP contribution in [0.3, 0.4) is 0 Å². The lowest BCUT2D eigenvalue weighted by Gasteiger charge is -2.38. The Bertz CT molecular complexity index is 330. The molecule has 1 aliphatic rings. The number of carbonyl (C=O) groups excluding carboxylic acids is 1. The second kappa shape index (κ2) is 4.92. The zero-order valence-electron chi connectivity index (χ0n) is 10.7. The summed E-state index contributed by atoms with van der Waals surface area (Å²) in [5.41, 5.74) is -1.62. The van der Waals surface area contributed by atoms with Crippen molar-refractivity contribution < 1.29 is 14.6 Å². The Hall–Kier alpha value is -1.28. The van der Waals surface area contributed by atoms with Crippen LogP contribution in [0.5, 0.6) is 0 Å². The molecule has 0 spiro atoms. The van der Waals surface area contributed by atoms with Crippen LogP contribution in [0.25, 0.3) is 0 Å². The van der Waals surface area contributed by atoms with Crippen LogP contribution in [0.15, 0.2) is 0 Å². The Morgan fingerprint density at radius 3 is 2.76 bits per heavy atom. The van der Waals surface area contributed by atoms with E-state index in [4.69, 9.17) is 10.00 Å². The number of nitriles is 1. The Kier molecular flexibility index (Phi) is 3.99. The number of rotatable bonds is 1. The number of aliphatic hydroxyl groups is 1. The minimum absolute atomic E-state index is 0.0479. The van der Waals surface area contributed by atoms with Gasteiger partial charge in [-0.25, -0.2) is 4.79 Å². The summed E-state index contributed by atoms with van der Waals surface area (Å²) in [7, 11) is 0. The van der Waals surface area contributed by atoms with Crippen LogP contribution in [0, 0.1) is 11.3 Å². The highest BCUT2D eigenvalue weighted by molar-refractivity contribution is 5.68. The average Bonchev–Trinajstić information content (AvgIpc) is 2.14. The summed E-state index contributed by atoms with van der Waals surface area (Å²) >= 11 is 0. The third-order valence-corrected chi connectivity index (χ3v) is 2.62. The van der Waals surface area contributed by atoms with E-state index in [1.54, 1.807) is 20.8 Å². The molecule has 0 aromatic heterocycles. The van der Waals surface area contributed by atoms with Crippen molar-refractivity contribution in [1.82, 2.24) is 4.90 Å². The molecule has 1 heterocycles. The first-order chi connectivity index (χ1) is 7.76. The van der Waals surface area contributed by atoms with Crippen molar-refractivity contribution in [3.05, 3.63) is 0 Å². The first kappa shape index (κ1) is 13.8. The first-order valence-corrected chi connectivity index (χ1v) is 5.83. The first-order valence-electron chi connectivity index (χ1n) is 5.83. The maximum Gasteiger partial charge on any atom is 0.410 e. The van der Waals surface area contributed by atoms with E-state index in [9.17, 15) is 9.90 Å². The molecule has 0 aromatic carbocycles. The second-order valence-electron chi connectivity index (χ2n) is 5.56. The van der Waals surface area contributed by atoms with Crippen molar-refractivity contribution in [2.24, 2.45) is 0 Å². The highest BCUT2D eigenvalue weighted by atomic mass is 16.6. The van der Waals surface area contributed by atoms with Crippen LogP contribution in [0.2, 0.25) is 0 Å². The lowest BCUT2D eigenvalue weighted by atomic mass is 9.90. The molecule has 0 bridgehead atoms. The lowest BCUT2D eigenvalue weighted by Crippen LogP contribution is -2.51. The maximum absolute atomic E-state index is 11.8. The SMILES string of the molecule is CC(C)(C)OC(=O)N1CCC[C@](O)(CC#N)C1. The molecule has 96 valence electrons. The van der Waals surface area contributed by atoms with Gasteiger partial charge in [0.25, 0.3) is 0 Å².